The summed E-state index contributed by atoms with van der Waals surface area (Å²) in [6, 6.07) is 8.73. The van der Waals surface area contributed by atoms with Gasteiger partial charge >= 0.3 is 6.18 Å². The van der Waals surface area contributed by atoms with Gasteiger partial charge in [-0.1, -0.05) is 24.3 Å². The SMILES string of the molecule is Cc1c(O)ccc2c1OCC(c1cccc(C(F)(F)F)c1)C2. The molecule has 22 heavy (non-hydrogen) atoms. The number of phenols is 1. The van der Waals surface area contributed by atoms with E-state index in [1.165, 1.54) is 12.1 Å². The van der Waals surface area contributed by atoms with E-state index in [4.69, 9.17) is 4.74 Å². The van der Waals surface area contributed by atoms with Crippen LogP contribution in [0.25, 0.3) is 0 Å². The van der Waals surface area contributed by atoms with Crippen LogP contribution in [-0.2, 0) is 12.6 Å². The third kappa shape index (κ3) is 2.63. The molecular weight excluding hydrogens is 293 g/mol. The quantitative estimate of drug-likeness (QED) is 0.844. The molecule has 3 rings (SSSR count). The summed E-state index contributed by atoms with van der Waals surface area (Å²) >= 11 is 0. The van der Waals surface area contributed by atoms with Gasteiger partial charge in [0.2, 0.25) is 0 Å². The van der Waals surface area contributed by atoms with Crippen molar-refractivity contribution in [1.82, 2.24) is 0 Å². The van der Waals surface area contributed by atoms with Gasteiger partial charge in [0.15, 0.2) is 0 Å². The molecule has 5 heteroatoms. The third-order valence-corrected chi connectivity index (χ3v) is 4.04. The number of rotatable bonds is 1. The molecule has 2 aromatic carbocycles. The maximum atomic E-state index is 12.8. The Morgan fingerprint density at radius 1 is 1.18 bits per heavy atom. The highest BCUT2D eigenvalue weighted by atomic mass is 19.4. The van der Waals surface area contributed by atoms with E-state index in [0.29, 0.717) is 29.9 Å². The van der Waals surface area contributed by atoms with Crippen LogP contribution < -0.4 is 4.74 Å². The first-order valence-corrected chi connectivity index (χ1v) is 6.97. The summed E-state index contributed by atoms with van der Waals surface area (Å²) in [7, 11) is 0. The molecule has 0 amide bonds. The van der Waals surface area contributed by atoms with E-state index in [2.05, 4.69) is 0 Å². The normalized spacial score (nSPS) is 17.7. The number of ether oxygens (including phenoxy) is 1. The second-order valence-electron chi connectivity index (χ2n) is 5.53. The molecule has 0 saturated heterocycles. The van der Waals surface area contributed by atoms with Gasteiger partial charge in [-0.05, 0) is 36.6 Å². The van der Waals surface area contributed by atoms with Crippen LogP contribution in [0.1, 0.15) is 28.2 Å². The Morgan fingerprint density at radius 2 is 1.95 bits per heavy atom. The first kappa shape index (κ1) is 14.8. The summed E-state index contributed by atoms with van der Waals surface area (Å²) in [4.78, 5) is 0. The molecule has 1 heterocycles. The van der Waals surface area contributed by atoms with E-state index < -0.39 is 11.7 Å². The lowest BCUT2D eigenvalue weighted by molar-refractivity contribution is -0.137. The highest BCUT2D eigenvalue weighted by Gasteiger charge is 2.32. The van der Waals surface area contributed by atoms with Gasteiger partial charge in [0.1, 0.15) is 11.5 Å². The Bertz CT molecular complexity index is 708. The van der Waals surface area contributed by atoms with E-state index in [-0.39, 0.29) is 11.7 Å². The summed E-state index contributed by atoms with van der Waals surface area (Å²) < 4.78 is 44.1. The second kappa shape index (κ2) is 5.23. The zero-order valence-corrected chi connectivity index (χ0v) is 11.9. The first-order chi connectivity index (χ1) is 10.4. The van der Waals surface area contributed by atoms with E-state index >= 15 is 0 Å². The molecule has 0 spiro atoms. The van der Waals surface area contributed by atoms with Gasteiger partial charge in [-0.25, -0.2) is 0 Å². The summed E-state index contributed by atoms with van der Waals surface area (Å²) in [5.74, 6) is 0.679. The fraction of sp³-hybridized carbons (Fsp3) is 0.294. The Kier molecular flexibility index (Phi) is 3.51. The highest BCUT2D eigenvalue weighted by Crippen LogP contribution is 2.39. The molecule has 0 radical (unpaired) electrons. The van der Waals surface area contributed by atoms with Crippen molar-refractivity contribution in [2.75, 3.05) is 6.61 Å². The summed E-state index contributed by atoms with van der Waals surface area (Å²) in [5.41, 5.74) is 1.55. The molecule has 1 aliphatic rings. The van der Waals surface area contributed by atoms with Crippen molar-refractivity contribution >= 4 is 0 Å². The van der Waals surface area contributed by atoms with E-state index in [1.54, 1.807) is 25.1 Å². The molecule has 2 nitrogen and oxygen atoms in total. The fourth-order valence-corrected chi connectivity index (χ4v) is 2.79. The summed E-state index contributed by atoms with van der Waals surface area (Å²) in [5, 5.41) is 9.68. The Balaban J connectivity index is 1.91. The van der Waals surface area contributed by atoms with Gasteiger partial charge in [-0.15, -0.1) is 0 Å². The maximum Gasteiger partial charge on any atom is 0.416 e. The second-order valence-corrected chi connectivity index (χ2v) is 5.53. The Labute approximate surface area is 126 Å². The molecule has 0 aromatic heterocycles. The predicted molar refractivity (Wildman–Crippen MR) is 76.2 cm³/mol. The minimum Gasteiger partial charge on any atom is -0.508 e. The molecule has 1 aliphatic heterocycles. The van der Waals surface area contributed by atoms with E-state index in [9.17, 15) is 18.3 Å². The minimum absolute atomic E-state index is 0.126. The van der Waals surface area contributed by atoms with Crippen LogP contribution >= 0.6 is 0 Å². The fourth-order valence-electron chi connectivity index (χ4n) is 2.79. The van der Waals surface area contributed by atoms with Gasteiger partial charge in [-0.2, -0.15) is 13.2 Å². The molecule has 1 unspecified atom stereocenters. The van der Waals surface area contributed by atoms with E-state index in [0.717, 1.165) is 11.6 Å². The number of alkyl halides is 3. The van der Waals surface area contributed by atoms with Gasteiger partial charge < -0.3 is 9.84 Å². The number of fused-ring (bicyclic) bond motifs is 1. The van der Waals surface area contributed by atoms with Crippen LogP contribution in [0, 0.1) is 6.92 Å². The predicted octanol–water partition coefficient (Wildman–Crippen LogP) is 4.44. The molecule has 0 fully saturated rings. The third-order valence-electron chi connectivity index (χ3n) is 4.04. The topological polar surface area (TPSA) is 29.5 Å². The smallest absolute Gasteiger partial charge is 0.416 e. The van der Waals surface area contributed by atoms with Crippen molar-refractivity contribution in [3.05, 3.63) is 58.7 Å². The molecule has 0 saturated carbocycles. The van der Waals surface area contributed by atoms with Crippen molar-refractivity contribution in [1.29, 1.82) is 0 Å². The van der Waals surface area contributed by atoms with Crippen LogP contribution in [0.2, 0.25) is 0 Å². The van der Waals surface area contributed by atoms with Crippen LogP contribution in [0.4, 0.5) is 13.2 Å². The highest BCUT2D eigenvalue weighted by molar-refractivity contribution is 5.50. The van der Waals surface area contributed by atoms with Crippen molar-refractivity contribution in [2.45, 2.75) is 25.4 Å². The van der Waals surface area contributed by atoms with Crippen molar-refractivity contribution in [2.24, 2.45) is 0 Å². The lowest BCUT2D eigenvalue weighted by atomic mass is 9.88. The number of hydrogen-bond donors (Lipinski definition) is 1. The Morgan fingerprint density at radius 3 is 2.68 bits per heavy atom. The summed E-state index contributed by atoms with van der Waals surface area (Å²) in [6.07, 6.45) is -3.75. The lowest BCUT2D eigenvalue weighted by Gasteiger charge is -2.27. The van der Waals surface area contributed by atoms with Crippen LogP contribution in [0.15, 0.2) is 36.4 Å². The average molecular weight is 308 g/mol. The van der Waals surface area contributed by atoms with Crippen molar-refractivity contribution < 1.29 is 23.0 Å². The van der Waals surface area contributed by atoms with Gasteiger partial charge in [0, 0.05) is 11.5 Å². The minimum atomic E-state index is -4.34. The largest absolute Gasteiger partial charge is 0.508 e. The van der Waals surface area contributed by atoms with Crippen molar-refractivity contribution in [3.63, 3.8) is 0 Å². The number of hydrogen-bond acceptors (Lipinski definition) is 2. The molecule has 2 aromatic rings. The first-order valence-electron chi connectivity index (χ1n) is 6.97. The number of aromatic hydroxyl groups is 1. The summed E-state index contributed by atoms with van der Waals surface area (Å²) in [6.45, 7) is 2.07. The number of benzene rings is 2. The van der Waals surface area contributed by atoms with Crippen LogP contribution in [0.5, 0.6) is 11.5 Å². The molecule has 0 bridgehead atoms. The molecular formula is C17H15F3O2. The van der Waals surface area contributed by atoms with Gasteiger partial charge in [-0.3, -0.25) is 0 Å². The van der Waals surface area contributed by atoms with Crippen molar-refractivity contribution in [3.8, 4) is 11.5 Å². The average Bonchev–Trinajstić information content (AvgIpc) is 2.50. The molecule has 116 valence electrons. The lowest BCUT2D eigenvalue weighted by Crippen LogP contribution is -2.20. The number of phenolic OH excluding ortho intramolecular Hbond substituents is 1. The Hall–Kier alpha value is -2.17. The maximum absolute atomic E-state index is 12.8. The van der Waals surface area contributed by atoms with Crippen LogP contribution in [-0.4, -0.2) is 11.7 Å². The molecule has 0 aliphatic carbocycles. The monoisotopic (exact) mass is 308 g/mol. The van der Waals surface area contributed by atoms with Gasteiger partial charge in [0.25, 0.3) is 0 Å². The zero-order valence-electron chi connectivity index (χ0n) is 11.9. The van der Waals surface area contributed by atoms with E-state index in [1.807, 2.05) is 0 Å². The zero-order chi connectivity index (χ0) is 15.9. The molecule has 1 atom stereocenters. The van der Waals surface area contributed by atoms with Gasteiger partial charge in [0.05, 0.1) is 12.2 Å². The number of halogens is 3. The molecule has 1 N–H and O–H groups in total. The standard InChI is InChI=1S/C17H15F3O2/c1-10-15(21)6-5-12-7-13(9-22-16(10)12)11-3-2-4-14(8-11)17(18,19)20/h2-6,8,13,21H,7,9H2,1H3. The van der Waals surface area contributed by atoms with Crippen LogP contribution in [0.3, 0.4) is 0 Å².